The summed E-state index contributed by atoms with van der Waals surface area (Å²) < 4.78 is 5.58. The Hall–Kier alpha value is -2.51. The molecular weight excluding hydrogens is 288 g/mol. The lowest BCUT2D eigenvalue weighted by molar-refractivity contribution is -0.115. The SMILES string of the molecule is N#Cc1ccc(OCc2ccccc2)cc1.NC(=O)CCl. The van der Waals surface area contributed by atoms with Crippen LogP contribution in [0.15, 0.2) is 54.6 Å². The molecule has 0 aromatic heterocycles. The van der Waals surface area contributed by atoms with Gasteiger partial charge in [0.15, 0.2) is 0 Å². The molecule has 0 aliphatic rings. The molecule has 2 N–H and O–H groups in total. The first kappa shape index (κ1) is 16.5. The highest BCUT2D eigenvalue weighted by Crippen LogP contribution is 2.13. The molecule has 2 aromatic rings. The van der Waals surface area contributed by atoms with Crippen molar-refractivity contribution < 1.29 is 9.53 Å². The summed E-state index contributed by atoms with van der Waals surface area (Å²) in [4.78, 5) is 9.46. The molecule has 2 rings (SSSR count). The largest absolute Gasteiger partial charge is 0.489 e. The van der Waals surface area contributed by atoms with Gasteiger partial charge in [0.1, 0.15) is 18.2 Å². The van der Waals surface area contributed by atoms with E-state index in [-0.39, 0.29) is 5.88 Å². The van der Waals surface area contributed by atoms with Crippen LogP contribution in [0.5, 0.6) is 5.75 Å². The molecule has 0 saturated carbocycles. The minimum Gasteiger partial charge on any atom is -0.489 e. The van der Waals surface area contributed by atoms with Crippen LogP contribution in [0.4, 0.5) is 0 Å². The number of halogens is 1. The van der Waals surface area contributed by atoms with E-state index in [1.807, 2.05) is 42.5 Å². The van der Waals surface area contributed by atoms with E-state index < -0.39 is 5.91 Å². The summed E-state index contributed by atoms with van der Waals surface area (Å²) in [6.45, 7) is 0.548. The third kappa shape index (κ3) is 7.00. The van der Waals surface area contributed by atoms with Gasteiger partial charge in [-0.3, -0.25) is 4.79 Å². The maximum Gasteiger partial charge on any atom is 0.232 e. The maximum absolute atomic E-state index is 9.46. The second-order valence-electron chi connectivity index (χ2n) is 4.01. The van der Waals surface area contributed by atoms with Crippen LogP contribution in [-0.4, -0.2) is 11.8 Å². The number of alkyl halides is 1. The highest BCUT2D eigenvalue weighted by molar-refractivity contribution is 6.27. The van der Waals surface area contributed by atoms with Gasteiger partial charge in [-0.15, -0.1) is 11.6 Å². The number of amides is 1. The number of hydrogen-bond donors (Lipinski definition) is 1. The molecule has 21 heavy (non-hydrogen) atoms. The smallest absolute Gasteiger partial charge is 0.232 e. The van der Waals surface area contributed by atoms with E-state index in [2.05, 4.69) is 11.8 Å². The molecule has 2 aromatic carbocycles. The number of rotatable bonds is 4. The molecule has 0 unspecified atom stereocenters. The summed E-state index contributed by atoms with van der Waals surface area (Å²) in [5, 5.41) is 8.65. The fourth-order valence-electron chi connectivity index (χ4n) is 1.37. The Kier molecular flexibility index (Phi) is 7.41. The van der Waals surface area contributed by atoms with Crippen molar-refractivity contribution in [3.63, 3.8) is 0 Å². The summed E-state index contributed by atoms with van der Waals surface area (Å²) in [5.41, 5.74) is 6.30. The summed E-state index contributed by atoms with van der Waals surface area (Å²) in [6.07, 6.45) is 0. The number of nitrogens with two attached hydrogens (primary N) is 1. The molecule has 0 spiro atoms. The molecule has 5 heteroatoms. The van der Waals surface area contributed by atoms with Gasteiger partial charge in [-0.25, -0.2) is 0 Å². The van der Waals surface area contributed by atoms with Crippen molar-refractivity contribution in [3.8, 4) is 11.8 Å². The van der Waals surface area contributed by atoms with Crippen molar-refractivity contribution in [2.24, 2.45) is 5.73 Å². The molecule has 0 aliphatic heterocycles. The number of nitrogens with zero attached hydrogens (tertiary/aromatic N) is 1. The fourth-order valence-corrected chi connectivity index (χ4v) is 1.37. The average Bonchev–Trinajstić information content (AvgIpc) is 2.55. The first-order valence-electron chi connectivity index (χ1n) is 6.17. The normalized spacial score (nSPS) is 8.95. The zero-order valence-electron chi connectivity index (χ0n) is 11.3. The lowest BCUT2D eigenvalue weighted by atomic mass is 10.2. The lowest BCUT2D eigenvalue weighted by Crippen LogP contribution is -2.10. The molecule has 108 valence electrons. The summed E-state index contributed by atoms with van der Waals surface area (Å²) in [6, 6.07) is 19.2. The second-order valence-corrected chi connectivity index (χ2v) is 4.28. The van der Waals surface area contributed by atoms with Crippen LogP contribution in [0, 0.1) is 11.3 Å². The molecule has 0 aliphatic carbocycles. The van der Waals surface area contributed by atoms with E-state index in [0.717, 1.165) is 11.3 Å². The van der Waals surface area contributed by atoms with Crippen molar-refractivity contribution in [2.75, 3.05) is 5.88 Å². The quantitative estimate of drug-likeness (QED) is 0.882. The summed E-state index contributed by atoms with van der Waals surface area (Å²) in [5.74, 6) is 0.217. The Labute approximate surface area is 128 Å². The van der Waals surface area contributed by atoms with Gasteiger partial charge >= 0.3 is 0 Å². The minimum absolute atomic E-state index is 0.0833. The highest BCUT2D eigenvalue weighted by Gasteiger charge is 1.95. The van der Waals surface area contributed by atoms with E-state index >= 15 is 0 Å². The number of nitriles is 1. The summed E-state index contributed by atoms with van der Waals surface area (Å²) in [7, 11) is 0. The Morgan fingerprint density at radius 3 is 2.19 bits per heavy atom. The number of carbonyl (C=O) groups excluding carboxylic acids is 1. The number of benzene rings is 2. The Morgan fingerprint density at radius 2 is 1.71 bits per heavy atom. The van der Waals surface area contributed by atoms with Crippen LogP contribution in [0.25, 0.3) is 0 Å². The van der Waals surface area contributed by atoms with Gasteiger partial charge in [-0.1, -0.05) is 30.3 Å². The van der Waals surface area contributed by atoms with E-state index in [0.29, 0.717) is 12.2 Å². The lowest BCUT2D eigenvalue weighted by Gasteiger charge is -2.05. The van der Waals surface area contributed by atoms with E-state index in [1.54, 1.807) is 12.1 Å². The van der Waals surface area contributed by atoms with Crippen molar-refractivity contribution in [1.29, 1.82) is 5.26 Å². The maximum atomic E-state index is 9.46. The molecular formula is C16H15ClN2O2. The van der Waals surface area contributed by atoms with Crippen LogP contribution in [-0.2, 0) is 11.4 Å². The Balaban J connectivity index is 0.000000383. The second kappa shape index (κ2) is 9.40. The molecule has 4 nitrogen and oxygen atoms in total. The zero-order chi connectivity index (χ0) is 15.5. The third-order valence-electron chi connectivity index (χ3n) is 2.36. The molecule has 0 fully saturated rings. The Morgan fingerprint density at radius 1 is 1.14 bits per heavy atom. The number of carbonyl (C=O) groups is 1. The monoisotopic (exact) mass is 302 g/mol. The minimum atomic E-state index is -0.480. The molecule has 0 bridgehead atoms. The molecule has 0 heterocycles. The van der Waals surface area contributed by atoms with Crippen molar-refractivity contribution in [3.05, 3.63) is 65.7 Å². The van der Waals surface area contributed by atoms with Crippen LogP contribution < -0.4 is 10.5 Å². The van der Waals surface area contributed by atoms with Crippen molar-refractivity contribution in [1.82, 2.24) is 0 Å². The van der Waals surface area contributed by atoms with Gasteiger partial charge in [0, 0.05) is 0 Å². The third-order valence-corrected chi connectivity index (χ3v) is 2.63. The predicted octanol–water partition coefficient (Wildman–Crippen LogP) is 2.85. The molecule has 0 atom stereocenters. The number of primary amides is 1. The first-order chi connectivity index (χ1) is 10.2. The summed E-state index contributed by atoms with van der Waals surface area (Å²) >= 11 is 4.86. The highest BCUT2D eigenvalue weighted by atomic mass is 35.5. The topological polar surface area (TPSA) is 76.1 Å². The van der Waals surface area contributed by atoms with Gasteiger partial charge in [0.05, 0.1) is 11.6 Å². The van der Waals surface area contributed by atoms with Gasteiger partial charge in [-0.2, -0.15) is 5.26 Å². The predicted molar refractivity (Wildman–Crippen MR) is 81.8 cm³/mol. The van der Waals surface area contributed by atoms with Gasteiger partial charge < -0.3 is 10.5 Å². The zero-order valence-corrected chi connectivity index (χ0v) is 12.1. The van der Waals surface area contributed by atoms with E-state index in [1.165, 1.54) is 0 Å². The average molecular weight is 303 g/mol. The number of ether oxygens (including phenoxy) is 1. The fraction of sp³-hybridized carbons (Fsp3) is 0.125. The molecule has 0 saturated heterocycles. The molecule has 1 amide bonds. The first-order valence-corrected chi connectivity index (χ1v) is 6.70. The van der Waals surface area contributed by atoms with Crippen LogP contribution in [0.2, 0.25) is 0 Å². The van der Waals surface area contributed by atoms with Crippen molar-refractivity contribution >= 4 is 17.5 Å². The van der Waals surface area contributed by atoms with Crippen molar-refractivity contribution in [2.45, 2.75) is 6.61 Å². The standard InChI is InChI=1S/C14H11NO.C2H4ClNO/c15-10-12-6-8-14(9-7-12)16-11-13-4-2-1-3-5-13;3-1-2(4)5/h1-9H,11H2;1H2,(H2,4,5). The van der Waals surface area contributed by atoms with Gasteiger partial charge in [0.25, 0.3) is 0 Å². The van der Waals surface area contributed by atoms with Gasteiger partial charge in [0.2, 0.25) is 5.91 Å². The van der Waals surface area contributed by atoms with Crippen LogP contribution in [0.3, 0.4) is 0 Å². The van der Waals surface area contributed by atoms with E-state index in [4.69, 9.17) is 21.6 Å². The van der Waals surface area contributed by atoms with Crippen LogP contribution in [0.1, 0.15) is 11.1 Å². The van der Waals surface area contributed by atoms with Crippen LogP contribution >= 0.6 is 11.6 Å². The van der Waals surface area contributed by atoms with E-state index in [9.17, 15) is 4.79 Å². The number of hydrogen-bond acceptors (Lipinski definition) is 3. The molecule has 0 radical (unpaired) electrons. The Bertz CT molecular complexity index is 592. The van der Waals surface area contributed by atoms with Gasteiger partial charge in [-0.05, 0) is 29.8 Å².